The lowest BCUT2D eigenvalue weighted by atomic mass is 9.89. The molecule has 24 heavy (non-hydrogen) atoms. The predicted octanol–water partition coefficient (Wildman–Crippen LogP) is 4.71. The lowest BCUT2D eigenvalue weighted by Crippen LogP contribution is -2.18. The van der Waals surface area contributed by atoms with Gasteiger partial charge < -0.3 is 10.2 Å². The molecule has 0 unspecified atom stereocenters. The van der Waals surface area contributed by atoms with Crippen LogP contribution < -0.4 is 0 Å². The molecule has 0 aliphatic carbocycles. The van der Waals surface area contributed by atoms with Gasteiger partial charge in [0.2, 0.25) is 0 Å². The topological polar surface area (TPSA) is 74.6 Å². The lowest BCUT2D eigenvalue weighted by Gasteiger charge is -2.14. The molecular formula is C20H26O4. The summed E-state index contributed by atoms with van der Waals surface area (Å²) in [6.07, 6.45) is 2.36. The Morgan fingerprint density at radius 3 is 1.42 bits per heavy atom. The molecule has 0 saturated carbocycles. The third-order valence-electron chi connectivity index (χ3n) is 3.47. The van der Waals surface area contributed by atoms with Crippen LogP contribution in [0.4, 0.5) is 0 Å². The molecule has 0 spiro atoms. The van der Waals surface area contributed by atoms with Crippen LogP contribution in [-0.4, -0.2) is 21.8 Å². The Balaban J connectivity index is 3.15. The highest BCUT2D eigenvalue weighted by Gasteiger charge is 2.21. The highest BCUT2D eigenvalue weighted by atomic mass is 16.3. The van der Waals surface area contributed by atoms with Gasteiger partial charge in [0.05, 0.1) is 0 Å². The van der Waals surface area contributed by atoms with E-state index in [4.69, 9.17) is 0 Å². The first kappa shape index (κ1) is 19.7. The molecule has 0 radical (unpaired) electrons. The molecule has 0 atom stereocenters. The number of carbonyl (C=O) groups excluding carboxylic acids is 2. The van der Waals surface area contributed by atoms with Crippen LogP contribution in [0.5, 0.6) is 0 Å². The molecule has 130 valence electrons. The van der Waals surface area contributed by atoms with Crippen LogP contribution in [0.25, 0.3) is 11.5 Å². The number of hydrogen-bond donors (Lipinski definition) is 2. The normalized spacial score (nSPS) is 13.8. The van der Waals surface area contributed by atoms with Crippen LogP contribution >= 0.6 is 0 Å². The van der Waals surface area contributed by atoms with E-state index < -0.39 is 10.8 Å². The molecule has 0 bridgehead atoms. The number of aliphatic hydroxyl groups is 2. The molecule has 0 aromatic heterocycles. The zero-order valence-electron chi connectivity index (χ0n) is 15.2. The fraction of sp³-hybridized carbons (Fsp3) is 0.400. The van der Waals surface area contributed by atoms with Crippen LogP contribution in [0.1, 0.15) is 52.7 Å². The average Bonchev–Trinajstić information content (AvgIpc) is 2.45. The Labute approximate surface area is 143 Å². The molecule has 0 fully saturated rings. The third kappa shape index (κ3) is 5.37. The summed E-state index contributed by atoms with van der Waals surface area (Å²) in [4.78, 5) is 24.0. The minimum absolute atomic E-state index is 0.174. The van der Waals surface area contributed by atoms with E-state index in [9.17, 15) is 19.8 Å². The second kappa shape index (κ2) is 7.04. The quantitative estimate of drug-likeness (QED) is 0.619. The van der Waals surface area contributed by atoms with Crippen molar-refractivity contribution in [3.8, 4) is 0 Å². The van der Waals surface area contributed by atoms with Crippen LogP contribution in [-0.2, 0) is 9.59 Å². The average molecular weight is 330 g/mol. The molecule has 0 aliphatic rings. The number of rotatable bonds is 4. The maximum absolute atomic E-state index is 12.0. The van der Waals surface area contributed by atoms with E-state index in [1.165, 1.54) is 18.2 Å². The van der Waals surface area contributed by atoms with Gasteiger partial charge in [-0.05, 0) is 6.07 Å². The van der Waals surface area contributed by atoms with Gasteiger partial charge in [0.25, 0.3) is 0 Å². The van der Waals surface area contributed by atoms with Crippen LogP contribution in [0.3, 0.4) is 0 Å². The van der Waals surface area contributed by atoms with Gasteiger partial charge in [0.1, 0.15) is 11.5 Å². The first-order valence-electron chi connectivity index (χ1n) is 7.83. The Bertz CT molecular complexity index is 638. The molecular weight excluding hydrogens is 304 g/mol. The van der Waals surface area contributed by atoms with E-state index >= 15 is 0 Å². The highest BCUT2D eigenvalue weighted by molar-refractivity contribution is 6.00. The zero-order chi connectivity index (χ0) is 18.7. The van der Waals surface area contributed by atoms with Gasteiger partial charge in [-0.1, -0.05) is 59.7 Å². The van der Waals surface area contributed by atoms with E-state index in [-0.39, 0.29) is 23.1 Å². The summed E-state index contributed by atoms with van der Waals surface area (Å²) >= 11 is 0. The third-order valence-corrected chi connectivity index (χ3v) is 3.47. The fourth-order valence-corrected chi connectivity index (χ4v) is 1.69. The Morgan fingerprint density at radius 2 is 1.12 bits per heavy atom. The lowest BCUT2D eigenvalue weighted by molar-refractivity contribution is -0.122. The number of carbonyl (C=O) groups is 2. The summed E-state index contributed by atoms with van der Waals surface area (Å²) in [5.74, 6) is -0.750. The van der Waals surface area contributed by atoms with Crippen molar-refractivity contribution in [1.29, 1.82) is 0 Å². The first-order chi connectivity index (χ1) is 10.8. The minimum Gasteiger partial charge on any atom is -0.507 e. The van der Waals surface area contributed by atoms with Crippen molar-refractivity contribution in [2.75, 3.05) is 0 Å². The van der Waals surface area contributed by atoms with E-state index in [1.807, 2.05) is 0 Å². The second-order valence-electron chi connectivity index (χ2n) is 7.87. The number of ketones is 2. The van der Waals surface area contributed by atoms with Crippen molar-refractivity contribution < 1.29 is 19.8 Å². The molecule has 1 aromatic carbocycles. The maximum Gasteiger partial charge on any atom is 0.164 e. The number of aliphatic hydroxyl groups excluding tert-OH is 2. The number of hydrogen-bond acceptors (Lipinski definition) is 4. The van der Waals surface area contributed by atoms with Crippen molar-refractivity contribution in [2.45, 2.75) is 41.5 Å². The Kier molecular flexibility index (Phi) is 5.77. The second-order valence-corrected chi connectivity index (χ2v) is 7.87. The summed E-state index contributed by atoms with van der Waals surface area (Å²) in [5, 5.41) is 20.3. The van der Waals surface area contributed by atoms with Gasteiger partial charge in [-0.15, -0.1) is 0 Å². The van der Waals surface area contributed by atoms with Crippen molar-refractivity contribution in [2.24, 2.45) is 10.8 Å². The van der Waals surface area contributed by atoms with Crippen LogP contribution in [0.15, 0.2) is 36.4 Å². The van der Waals surface area contributed by atoms with Gasteiger partial charge in [-0.3, -0.25) is 9.59 Å². The summed E-state index contributed by atoms with van der Waals surface area (Å²) in [6.45, 7) is 10.6. The molecule has 2 N–H and O–H groups in total. The standard InChI is InChI=1S/C20H26O4/c1-19(2,3)17(23)11-15(21)13-8-7-9-14(10-13)16(22)12-18(24)20(4,5)6/h7-12,21-22H,1-6H3/b15-11-,16-12+. The van der Waals surface area contributed by atoms with Crippen molar-refractivity contribution >= 4 is 23.1 Å². The van der Waals surface area contributed by atoms with Gasteiger partial charge in [-0.2, -0.15) is 0 Å². The molecule has 0 saturated heterocycles. The predicted molar refractivity (Wildman–Crippen MR) is 96.6 cm³/mol. The first-order valence-corrected chi connectivity index (χ1v) is 7.83. The molecule has 0 amide bonds. The molecule has 0 heterocycles. The number of allylic oxidation sites excluding steroid dienone is 2. The van der Waals surface area contributed by atoms with E-state index in [2.05, 4.69) is 0 Å². The number of benzene rings is 1. The van der Waals surface area contributed by atoms with E-state index in [1.54, 1.807) is 59.7 Å². The summed E-state index contributed by atoms with van der Waals surface area (Å²) < 4.78 is 0. The Morgan fingerprint density at radius 1 is 0.792 bits per heavy atom. The molecule has 1 aromatic rings. The maximum atomic E-state index is 12.0. The van der Waals surface area contributed by atoms with Gasteiger partial charge in [0.15, 0.2) is 11.6 Å². The smallest absolute Gasteiger partial charge is 0.164 e. The van der Waals surface area contributed by atoms with E-state index in [0.29, 0.717) is 11.1 Å². The molecule has 1 rings (SSSR count). The summed E-state index contributed by atoms with van der Waals surface area (Å²) in [6, 6.07) is 6.43. The van der Waals surface area contributed by atoms with Gasteiger partial charge in [0, 0.05) is 34.1 Å². The van der Waals surface area contributed by atoms with Crippen LogP contribution in [0.2, 0.25) is 0 Å². The molecule has 4 nitrogen and oxygen atoms in total. The largest absolute Gasteiger partial charge is 0.507 e. The van der Waals surface area contributed by atoms with Gasteiger partial charge in [-0.25, -0.2) is 0 Å². The SMILES string of the molecule is CC(C)(C)C(=O)/C=C(\O)c1cccc(/C(O)=C\C(=O)C(C)(C)C)c1. The Hall–Kier alpha value is -2.36. The zero-order valence-corrected chi connectivity index (χ0v) is 15.2. The molecule has 4 heteroatoms. The van der Waals surface area contributed by atoms with E-state index in [0.717, 1.165) is 0 Å². The fourth-order valence-electron chi connectivity index (χ4n) is 1.69. The summed E-state index contributed by atoms with van der Waals surface area (Å²) in [5.41, 5.74) is -0.388. The summed E-state index contributed by atoms with van der Waals surface area (Å²) in [7, 11) is 0. The monoisotopic (exact) mass is 330 g/mol. The molecule has 0 aliphatic heterocycles. The minimum atomic E-state index is -0.591. The van der Waals surface area contributed by atoms with Crippen molar-refractivity contribution in [3.05, 3.63) is 47.5 Å². The van der Waals surface area contributed by atoms with Crippen LogP contribution in [0, 0.1) is 10.8 Å². The highest BCUT2D eigenvalue weighted by Crippen LogP contribution is 2.23. The van der Waals surface area contributed by atoms with Crippen molar-refractivity contribution in [1.82, 2.24) is 0 Å². The van der Waals surface area contributed by atoms with Gasteiger partial charge >= 0.3 is 0 Å². The van der Waals surface area contributed by atoms with Crippen molar-refractivity contribution in [3.63, 3.8) is 0 Å².